The Bertz CT molecular complexity index is 508. The summed E-state index contributed by atoms with van der Waals surface area (Å²) in [6.07, 6.45) is 3.10. The molecular weight excluding hydrogens is 299 g/mol. The maximum absolute atomic E-state index is 12.4. The van der Waals surface area contributed by atoms with Crippen molar-refractivity contribution in [3.63, 3.8) is 0 Å². The zero-order chi connectivity index (χ0) is 14.7. The van der Waals surface area contributed by atoms with Gasteiger partial charge in [-0.2, -0.15) is 0 Å². The van der Waals surface area contributed by atoms with Gasteiger partial charge in [0.25, 0.3) is 5.91 Å². The maximum atomic E-state index is 12.4. The van der Waals surface area contributed by atoms with Gasteiger partial charge in [-0.25, -0.2) is 0 Å². The molecule has 4 nitrogen and oxygen atoms in total. The highest BCUT2D eigenvalue weighted by Gasteiger charge is 2.28. The van der Waals surface area contributed by atoms with Crippen LogP contribution < -0.4 is 15.8 Å². The van der Waals surface area contributed by atoms with E-state index < -0.39 is 0 Å². The number of benzene rings is 1. The summed E-state index contributed by atoms with van der Waals surface area (Å²) in [5.41, 5.74) is 6.12. The molecule has 0 aliphatic heterocycles. The first-order chi connectivity index (χ1) is 9.56. The quantitative estimate of drug-likeness (QED) is 0.897. The fraction of sp³-hybridized carbons (Fsp3) is 0.500. The number of nitrogens with one attached hydrogen (secondary N) is 1. The zero-order valence-corrected chi connectivity index (χ0v) is 12.8. The van der Waals surface area contributed by atoms with Crippen LogP contribution in [0.4, 0.5) is 0 Å². The number of nitrogens with two attached hydrogens (primary N) is 1. The average molecular weight is 317 g/mol. The summed E-state index contributed by atoms with van der Waals surface area (Å²) >= 11 is 11.9. The molecule has 1 aromatic rings. The lowest BCUT2D eigenvalue weighted by Crippen LogP contribution is -2.40. The van der Waals surface area contributed by atoms with Gasteiger partial charge in [-0.05, 0) is 31.4 Å². The molecule has 0 heterocycles. The summed E-state index contributed by atoms with van der Waals surface area (Å²) in [7, 11) is 1.49. The standard InChI is InChI=1S/C14H18Cl2N2O2/c1-20-13-6-11(16)10(15)5-9(13)14(19)18-12-4-2-3-8(12)7-17/h5-6,8,12H,2-4,7,17H2,1H3,(H,18,19). The van der Waals surface area contributed by atoms with Crippen molar-refractivity contribution in [2.75, 3.05) is 13.7 Å². The molecule has 2 rings (SSSR count). The predicted molar refractivity (Wildman–Crippen MR) is 80.7 cm³/mol. The molecule has 0 saturated heterocycles. The van der Waals surface area contributed by atoms with Gasteiger partial charge in [0, 0.05) is 12.1 Å². The molecule has 1 amide bonds. The molecule has 1 aliphatic carbocycles. The SMILES string of the molecule is COc1cc(Cl)c(Cl)cc1C(=O)NC1CCCC1CN. The number of carbonyl (C=O) groups excluding carboxylic acids is 1. The Kier molecular flexibility index (Phi) is 5.13. The predicted octanol–water partition coefficient (Wildman–Crippen LogP) is 2.86. The first-order valence-electron chi connectivity index (χ1n) is 6.60. The van der Waals surface area contributed by atoms with Gasteiger partial charge in [0.2, 0.25) is 0 Å². The Hall–Kier alpha value is -0.970. The number of rotatable bonds is 4. The van der Waals surface area contributed by atoms with Gasteiger partial charge in [0.1, 0.15) is 5.75 Å². The summed E-state index contributed by atoms with van der Waals surface area (Å²) in [6.45, 7) is 0.587. The molecule has 110 valence electrons. The second-order valence-electron chi connectivity index (χ2n) is 4.97. The van der Waals surface area contributed by atoms with Crippen molar-refractivity contribution < 1.29 is 9.53 Å². The highest BCUT2D eigenvalue weighted by Crippen LogP contribution is 2.31. The number of amides is 1. The van der Waals surface area contributed by atoms with Crippen LogP contribution in [0.2, 0.25) is 10.0 Å². The topological polar surface area (TPSA) is 64.3 Å². The van der Waals surface area contributed by atoms with Crippen LogP contribution in [0.5, 0.6) is 5.75 Å². The molecule has 1 saturated carbocycles. The highest BCUT2D eigenvalue weighted by molar-refractivity contribution is 6.42. The van der Waals surface area contributed by atoms with Gasteiger partial charge < -0.3 is 15.8 Å². The van der Waals surface area contributed by atoms with Crippen molar-refractivity contribution >= 4 is 29.1 Å². The van der Waals surface area contributed by atoms with Crippen LogP contribution in [0.25, 0.3) is 0 Å². The van der Waals surface area contributed by atoms with Crippen molar-refractivity contribution in [2.45, 2.75) is 25.3 Å². The minimum absolute atomic E-state index is 0.117. The van der Waals surface area contributed by atoms with Crippen molar-refractivity contribution in [1.82, 2.24) is 5.32 Å². The number of carbonyl (C=O) groups is 1. The third kappa shape index (κ3) is 3.19. The Balaban J connectivity index is 2.18. The average Bonchev–Trinajstić information content (AvgIpc) is 2.88. The molecule has 0 radical (unpaired) electrons. The number of methoxy groups -OCH3 is 1. The summed E-state index contributed by atoms with van der Waals surface area (Å²) in [5.74, 6) is 0.553. The Morgan fingerprint density at radius 1 is 1.40 bits per heavy atom. The third-order valence-electron chi connectivity index (χ3n) is 3.77. The molecule has 0 aromatic heterocycles. The van der Waals surface area contributed by atoms with Gasteiger partial charge in [-0.1, -0.05) is 29.6 Å². The largest absolute Gasteiger partial charge is 0.496 e. The Morgan fingerprint density at radius 3 is 2.75 bits per heavy atom. The van der Waals surface area contributed by atoms with Crippen molar-refractivity contribution in [1.29, 1.82) is 0 Å². The van der Waals surface area contributed by atoms with E-state index in [1.54, 1.807) is 6.07 Å². The van der Waals surface area contributed by atoms with E-state index in [-0.39, 0.29) is 11.9 Å². The van der Waals surface area contributed by atoms with Crippen molar-refractivity contribution in [2.24, 2.45) is 11.7 Å². The zero-order valence-electron chi connectivity index (χ0n) is 11.3. The van der Waals surface area contributed by atoms with Crippen molar-refractivity contribution in [3.8, 4) is 5.75 Å². The van der Waals surface area contributed by atoms with Crippen molar-refractivity contribution in [3.05, 3.63) is 27.7 Å². The summed E-state index contributed by atoms with van der Waals surface area (Å²) < 4.78 is 5.19. The monoisotopic (exact) mass is 316 g/mol. The fourth-order valence-electron chi connectivity index (χ4n) is 2.63. The number of hydrogen-bond donors (Lipinski definition) is 2. The lowest BCUT2D eigenvalue weighted by Gasteiger charge is -2.20. The van der Waals surface area contributed by atoms with Gasteiger partial charge in [-0.15, -0.1) is 0 Å². The highest BCUT2D eigenvalue weighted by atomic mass is 35.5. The van der Waals surface area contributed by atoms with E-state index in [9.17, 15) is 4.79 Å². The first-order valence-corrected chi connectivity index (χ1v) is 7.36. The summed E-state index contributed by atoms with van der Waals surface area (Å²) in [6, 6.07) is 3.20. The number of hydrogen-bond acceptors (Lipinski definition) is 3. The van der Waals surface area contributed by atoms with Crippen LogP contribution in [0.15, 0.2) is 12.1 Å². The molecule has 0 spiro atoms. The maximum Gasteiger partial charge on any atom is 0.255 e. The van der Waals surface area contributed by atoms with Crippen LogP contribution >= 0.6 is 23.2 Å². The van der Waals surface area contributed by atoms with E-state index in [0.717, 1.165) is 19.3 Å². The van der Waals surface area contributed by atoms with E-state index in [1.807, 2.05) is 0 Å². The summed E-state index contributed by atoms with van der Waals surface area (Å²) in [4.78, 5) is 12.4. The van der Waals surface area contributed by atoms with Crippen LogP contribution in [-0.2, 0) is 0 Å². The normalized spacial score (nSPS) is 21.8. The Labute approximate surface area is 128 Å². The van der Waals surface area contributed by atoms with E-state index in [2.05, 4.69) is 5.32 Å². The molecule has 3 N–H and O–H groups in total. The lowest BCUT2D eigenvalue weighted by atomic mass is 10.0. The first kappa shape index (κ1) is 15.4. The fourth-order valence-corrected chi connectivity index (χ4v) is 2.95. The minimum atomic E-state index is -0.203. The second-order valence-corrected chi connectivity index (χ2v) is 5.79. The summed E-state index contributed by atoms with van der Waals surface area (Å²) in [5, 5.41) is 3.71. The van der Waals surface area contributed by atoms with E-state index >= 15 is 0 Å². The lowest BCUT2D eigenvalue weighted by molar-refractivity contribution is 0.0925. The van der Waals surface area contributed by atoms with E-state index in [1.165, 1.54) is 13.2 Å². The van der Waals surface area contributed by atoms with E-state index in [4.69, 9.17) is 33.7 Å². The van der Waals surface area contributed by atoms with Gasteiger partial charge in [-0.3, -0.25) is 4.79 Å². The van der Waals surface area contributed by atoms with Crippen LogP contribution in [0, 0.1) is 5.92 Å². The van der Waals surface area contributed by atoms with Crippen LogP contribution in [-0.4, -0.2) is 25.6 Å². The Morgan fingerprint density at radius 2 is 2.10 bits per heavy atom. The molecule has 1 aliphatic rings. The molecular formula is C14H18Cl2N2O2. The molecule has 6 heteroatoms. The molecule has 1 fully saturated rings. The minimum Gasteiger partial charge on any atom is -0.496 e. The molecule has 0 bridgehead atoms. The second kappa shape index (κ2) is 6.66. The molecule has 20 heavy (non-hydrogen) atoms. The molecule has 2 unspecified atom stereocenters. The smallest absolute Gasteiger partial charge is 0.255 e. The third-order valence-corrected chi connectivity index (χ3v) is 4.49. The van der Waals surface area contributed by atoms with Crippen LogP contribution in [0.3, 0.4) is 0 Å². The number of halogens is 2. The van der Waals surface area contributed by atoms with E-state index in [0.29, 0.717) is 33.8 Å². The van der Waals surface area contributed by atoms with Gasteiger partial charge in [0.15, 0.2) is 0 Å². The number of ether oxygens (including phenoxy) is 1. The molecule has 1 aromatic carbocycles. The molecule has 2 atom stereocenters. The van der Waals surface area contributed by atoms with Gasteiger partial charge in [0.05, 0.1) is 22.7 Å². The van der Waals surface area contributed by atoms with Gasteiger partial charge >= 0.3 is 0 Å². The van der Waals surface area contributed by atoms with Crippen LogP contribution in [0.1, 0.15) is 29.6 Å².